The molecular weight excluding hydrogens is 423 g/mol. The molecule has 7 heteroatoms. The van der Waals surface area contributed by atoms with Crippen molar-refractivity contribution in [2.75, 3.05) is 15.6 Å². The number of thioether (sulfide) groups is 1. The number of halogens is 2. The lowest BCUT2D eigenvalue weighted by Gasteiger charge is -2.33. The molecule has 1 atom stereocenters. The van der Waals surface area contributed by atoms with Crippen molar-refractivity contribution in [1.29, 1.82) is 0 Å². The monoisotopic (exact) mass is 438 g/mol. The number of hydrogen-bond donors (Lipinski definition) is 0. The average Bonchev–Trinajstić information content (AvgIpc) is 3.20. The molecule has 0 bridgehead atoms. The number of para-hydroxylation sites is 1. The second-order valence-corrected chi connectivity index (χ2v) is 8.78. The lowest BCUT2D eigenvalue weighted by Crippen LogP contribution is -2.49. The molecule has 1 unspecified atom stereocenters. The Hall–Kier alpha value is -2.83. The minimum Gasteiger partial charge on any atom is -0.304 e. The molecule has 3 aromatic carbocycles. The fourth-order valence-corrected chi connectivity index (χ4v) is 5.61. The van der Waals surface area contributed by atoms with E-state index in [1.807, 2.05) is 24.3 Å². The van der Waals surface area contributed by atoms with Crippen LogP contribution in [0.4, 0.5) is 15.8 Å². The van der Waals surface area contributed by atoms with E-state index < -0.39 is 4.87 Å². The maximum absolute atomic E-state index is 13.9. The Morgan fingerprint density at radius 3 is 2.53 bits per heavy atom. The van der Waals surface area contributed by atoms with Crippen molar-refractivity contribution in [2.45, 2.75) is 11.4 Å². The number of rotatable bonds is 3. The number of amides is 2. The summed E-state index contributed by atoms with van der Waals surface area (Å²) in [7, 11) is 0. The van der Waals surface area contributed by atoms with Gasteiger partial charge in [-0.15, -0.1) is 11.8 Å². The highest BCUT2D eigenvalue weighted by Gasteiger charge is 2.60. The molecule has 0 aliphatic carbocycles. The van der Waals surface area contributed by atoms with Crippen LogP contribution < -0.4 is 9.80 Å². The van der Waals surface area contributed by atoms with Gasteiger partial charge in [0.1, 0.15) is 5.82 Å². The molecule has 1 spiro atoms. The molecule has 1 fully saturated rings. The van der Waals surface area contributed by atoms with Gasteiger partial charge in [-0.05, 0) is 48.0 Å². The van der Waals surface area contributed by atoms with Gasteiger partial charge in [-0.3, -0.25) is 14.5 Å². The molecule has 2 amide bonds. The summed E-state index contributed by atoms with van der Waals surface area (Å²) in [6.45, 7) is 0.221. The number of fused-ring (bicyclic) bond motifs is 2. The molecule has 150 valence electrons. The molecule has 2 heterocycles. The predicted molar refractivity (Wildman–Crippen MR) is 117 cm³/mol. The minimum atomic E-state index is -1.19. The normalized spacial score (nSPS) is 20.3. The van der Waals surface area contributed by atoms with Gasteiger partial charge in [-0.1, -0.05) is 41.9 Å². The Labute approximate surface area is 182 Å². The van der Waals surface area contributed by atoms with Gasteiger partial charge < -0.3 is 4.90 Å². The maximum Gasteiger partial charge on any atom is 0.269 e. The van der Waals surface area contributed by atoms with Crippen molar-refractivity contribution >= 4 is 46.6 Å². The highest BCUT2D eigenvalue weighted by molar-refractivity contribution is 8.02. The number of carbonyl (C=O) groups excluding carboxylic acids is 2. The molecule has 2 aliphatic heterocycles. The summed E-state index contributed by atoms with van der Waals surface area (Å²) in [4.78, 5) is 28.8. The van der Waals surface area contributed by atoms with E-state index in [2.05, 4.69) is 0 Å². The minimum absolute atomic E-state index is 0.141. The van der Waals surface area contributed by atoms with Crippen molar-refractivity contribution in [1.82, 2.24) is 0 Å². The van der Waals surface area contributed by atoms with E-state index in [9.17, 15) is 14.0 Å². The Kier molecular flexibility index (Phi) is 4.56. The number of carbonyl (C=O) groups is 2. The fraction of sp³-hybridized carbons (Fsp3) is 0.130. The topological polar surface area (TPSA) is 40.6 Å². The Morgan fingerprint density at radius 1 is 1.00 bits per heavy atom. The zero-order chi connectivity index (χ0) is 20.9. The molecule has 0 radical (unpaired) electrons. The van der Waals surface area contributed by atoms with Gasteiger partial charge >= 0.3 is 0 Å². The second-order valence-electron chi connectivity index (χ2n) is 7.18. The Bertz CT molecular complexity index is 1170. The van der Waals surface area contributed by atoms with Crippen LogP contribution in [0.25, 0.3) is 0 Å². The highest BCUT2D eigenvalue weighted by atomic mass is 35.5. The standard InChI is InChI=1S/C23H16ClFN2O2S/c24-16-8-10-18(11-9-16)27-21(28)14-30-23(27)19-6-1-2-7-20(19)26(22(23)29)13-15-4-3-5-17(25)12-15/h1-12H,13-14H2. The lowest BCUT2D eigenvalue weighted by molar-refractivity contribution is -0.123. The van der Waals surface area contributed by atoms with E-state index in [0.29, 0.717) is 16.3 Å². The molecule has 0 N–H and O–H groups in total. The zero-order valence-electron chi connectivity index (χ0n) is 15.7. The van der Waals surface area contributed by atoms with Crippen molar-refractivity contribution in [2.24, 2.45) is 0 Å². The summed E-state index contributed by atoms with van der Waals surface area (Å²) in [6.07, 6.45) is 0. The van der Waals surface area contributed by atoms with Crippen molar-refractivity contribution in [3.63, 3.8) is 0 Å². The fourth-order valence-electron chi connectivity index (χ4n) is 4.12. The van der Waals surface area contributed by atoms with Crippen LogP contribution >= 0.6 is 23.4 Å². The summed E-state index contributed by atoms with van der Waals surface area (Å²) in [5.74, 6) is -0.511. The third kappa shape index (κ3) is 2.82. The van der Waals surface area contributed by atoms with E-state index in [1.54, 1.807) is 46.2 Å². The predicted octanol–water partition coefficient (Wildman–Crippen LogP) is 4.96. The largest absolute Gasteiger partial charge is 0.304 e. The zero-order valence-corrected chi connectivity index (χ0v) is 17.3. The van der Waals surface area contributed by atoms with E-state index >= 15 is 0 Å². The first-order valence-electron chi connectivity index (χ1n) is 9.39. The van der Waals surface area contributed by atoms with Gasteiger partial charge in [0.05, 0.1) is 18.0 Å². The summed E-state index contributed by atoms with van der Waals surface area (Å²) < 4.78 is 13.7. The first kappa shape index (κ1) is 19.2. The third-order valence-corrected chi connectivity index (χ3v) is 7.02. The number of hydrogen-bond acceptors (Lipinski definition) is 3. The average molecular weight is 439 g/mol. The first-order chi connectivity index (χ1) is 14.5. The van der Waals surface area contributed by atoms with E-state index in [4.69, 9.17) is 11.6 Å². The van der Waals surface area contributed by atoms with Crippen LogP contribution in [-0.4, -0.2) is 17.6 Å². The molecular formula is C23H16ClFN2O2S. The van der Waals surface area contributed by atoms with Gasteiger partial charge in [-0.2, -0.15) is 0 Å². The molecule has 0 saturated carbocycles. The van der Waals surface area contributed by atoms with Gasteiger partial charge in [0, 0.05) is 16.3 Å². The summed E-state index contributed by atoms with van der Waals surface area (Å²) in [5.41, 5.74) is 2.79. The first-order valence-corrected chi connectivity index (χ1v) is 10.8. The SMILES string of the molecule is O=C1CSC2(C(=O)N(Cc3cccc(F)c3)c3ccccc32)N1c1ccc(Cl)cc1. The van der Waals surface area contributed by atoms with Gasteiger partial charge in [-0.25, -0.2) is 4.39 Å². The van der Waals surface area contributed by atoms with Crippen LogP contribution in [0.5, 0.6) is 0 Å². The Morgan fingerprint density at radius 2 is 1.77 bits per heavy atom. The third-order valence-electron chi connectivity index (χ3n) is 5.38. The second kappa shape index (κ2) is 7.15. The van der Waals surface area contributed by atoms with E-state index in [-0.39, 0.29) is 29.9 Å². The van der Waals surface area contributed by atoms with Crippen molar-refractivity contribution in [3.05, 3.63) is 94.8 Å². The summed E-state index contributed by atoms with van der Waals surface area (Å²) >= 11 is 7.34. The molecule has 3 aromatic rings. The number of benzene rings is 3. The quantitative estimate of drug-likeness (QED) is 0.580. The van der Waals surface area contributed by atoms with Crippen molar-refractivity contribution < 1.29 is 14.0 Å². The smallest absolute Gasteiger partial charge is 0.269 e. The summed E-state index contributed by atoms with van der Waals surface area (Å²) in [5, 5.41) is 0.554. The lowest BCUT2D eigenvalue weighted by atomic mass is 10.0. The maximum atomic E-state index is 13.9. The number of nitrogens with zero attached hydrogens (tertiary/aromatic N) is 2. The van der Waals surface area contributed by atoms with Crippen LogP contribution in [0.1, 0.15) is 11.1 Å². The van der Waals surface area contributed by atoms with Crippen LogP contribution in [0.15, 0.2) is 72.8 Å². The summed E-state index contributed by atoms with van der Waals surface area (Å²) in [6, 6.07) is 20.6. The van der Waals surface area contributed by atoms with E-state index in [0.717, 1.165) is 11.3 Å². The highest BCUT2D eigenvalue weighted by Crippen LogP contribution is 2.55. The molecule has 4 nitrogen and oxygen atoms in total. The molecule has 5 rings (SSSR count). The van der Waals surface area contributed by atoms with E-state index in [1.165, 1.54) is 23.9 Å². The molecule has 2 aliphatic rings. The van der Waals surface area contributed by atoms with Gasteiger partial charge in [0.15, 0.2) is 0 Å². The van der Waals surface area contributed by atoms with Crippen molar-refractivity contribution in [3.8, 4) is 0 Å². The van der Waals surface area contributed by atoms with Crippen LogP contribution in [0, 0.1) is 5.82 Å². The van der Waals surface area contributed by atoms with Crippen LogP contribution in [-0.2, 0) is 21.0 Å². The van der Waals surface area contributed by atoms with Gasteiger partial charge in [0.2, 0.25) is 10.8 Å². The molecule has 0 aromatic heterocycles. The van der Waals surface area contributed by atoms with Crippen LogP contribution in [0.3, 0.4) is 0 Å². The number of anilines is 2. The Balaban J connectivity index is 1.64. The molecule has 30 heavy (non-hydrogen) atoms. The van der Waals surface area contributed by atoms with Crippen LogP contribution in [0.2, 0.25) is 5.02 Å². The molecule has 1 saturated heterocycles. The van der Waals surface area contributed by atoms with Gasteiger partial charge in [0.25, 0.3) is 5.91 Å².